The van der Waals surface area contributed by atoms with E-state index in [-0.39, 0.29) is 25.4 Å². The second-order valence-corrected chi connectivity index (χ2v) is 8.43. The molecule has 28 heavy (non-hydrogen) atoms. The summed E-state index contributed by atoms with van der Waals surface area (Å²) in [6.07, 6.45) is -2.91. The molecule has 1 saturated heterocycles. The number of guanidine groups is 1. The van der Waals surface area contributed by atoms with Crippen molar-refractivity contribution in [2.24, 2.45) is 4.99 Å². The van der Waals surface area contributed by atoms with Gasteiger partial charge in [0.15, 0.2) is 5.96 Å². The van der Waals surface area contributed by atoms with E-state index >= 15 is 0 Å². The first-order chi connectivity index (χ1) is 13.1. The van der Waals surface area contributed by atoms with Crippen molar-refractivity contribution in [3.63, 3.8) is 0 Å². The number of halogens is 3. The quantitative estimate of drug-likeness (QED) is 0.491. The minimum Gasteiger partial charge on any atom is -0.364 e. The number of likely N-dealkylation sites (N-methyl/N-ethyl adjacent to an activating group) is 1. The summed E-state index contributed by atoms with van der Waals surface area (Å²) in [6.45, 7) is 0.944. The first-order valence-electron chi connectivity index (χ1n) is 8.69. The summed E-state index contributed by atoms with van der Waals surface area (Å²) in [7, 11) is -0.519. The molecule has 0 amide bonds. The zero-order valence-corrected chi connectivity index (χ0v) is 16.6. The number of nitrogens with one attached hydrogen (secondary N) is 1. The van der Waals surface area contributed by atoms with Crippen LogP contribution in [-0.2, 0) is 15.8 Å². The van der Waals surface area contributed by atoms with Crippen LogP contribution < -0.4 is 5.32 Å². The van der Waals surface area contributed by atoms with E-state index in [1.807, 2.05) is 4.90 Å². The number of alkyl halides is 3. The first kappa shape index (κ1) is 22.4. The van der Waals surface area contributed by atoms with Crippen molar-refractivity contribution in [2.75, 3.05) is 59.9 Å². The molecule has 0 spiro atoms. The molecule has 1 N–H and O–H groups in total. The summed E-state index contributed by atoms with van der Waals surface area (Å²) in [6, 6.07) is 1.51. The highest BCUT2D eigenvalue weighted by atomic mass is 32.2. The molecule has 0 bridgehead atoms. The molecule has 1 aromatic heterocycles. The van der Waals surface area contributed by atoms with E-state index in [1.54, 1.807) is 7.05 Å². The fourth-order valence-electron chi connectivity index (χ4n) is 2.84. The van der Waals surface area contributed by atoms with Crippen molar-refractivity contribution in [2.45, 2.75) is 11.9 Å². The lowest BCUT2D eigenvalue weighted by Gasteiger charge is -2.35. The second-order valence-electron chi connectivity index (χ2n) is 6.46. The van der Waals surface area contributed by atoms with E-state index in [0.717, 1.165) is 0 Å². The lowest BCUT2D eigenvalue weighted by molar-refractivity contribution is -0.142. The second kappa shape index (κ2) is 9.56. The van der Waals surface area contributed by atoms with Gasteiger partial charge in [0.05, 0.1) is 12.2 Å². The van der Waals surface area contributed by atoms with E-state index in [2.05, 4.69) is 20.0 Å². The van der Waals surface area contributed by atoms with Crippen LogP contribution in [0.15, 0.2) is 21.8 Å². The fourth-order valence-corrected chi connectivity index (χ4v) is 4.27. The predicted octanol–water partition coefficient (Wildman–Crippen LogP) is 0.192. The first-order valence-corrected chi connectivity index (χ1v) is 10.3. The third-order valence-electron chi connectivity index (χ3n) is 4.19. The molecule has 9 nitrogen and oxygen atoms in total. The fraction of sp³-hybridized carbons (Fsp3) is 0.733. The third-order valence-corrected chi connectivity index (χ3v) is 6.00. The molecule has 1 fully saturated rings. The predicted molar refractivity (Wildman–Crippen MR) is 97.2 cm³/mol. The van der Waals surface area contributed by atoms with Crippen molar-refractivity contribution >= 4 is 16.0 Å². The number of aromatic nitrogens is 1. The molecule has 13 heteroatoms. The van der Waals surface area contributed by atoms with E-state index < -0.39 is 22.7 Å². The van der Waals surface area contributed by atoms with Crippen LogP contribution in [0.2, 0.25) is 0 Å². The van der Waals surface area contributed by atoms with Crippen LogP contribution >= 0.6 is 0 Å². The standard InChI is InChI=1S/C15H25F3N6O3S/c1-19-14(20-4-5-22(2)12-15(16,17)18)23-6-8-24(9-7-23)28(25,26)11-13-3-10-27-21-13/h3,10H,4-9,11-12H2,1-2H3,(H,19,20). The molecule has 0 unspecified atom stereocenters. The average Bonchev–Trinajstić information content (AvgIpc) is 3.09. The van der Waals surface area contributed by atoms with Gasteiger partial charge in [0, 0.05) is 52.4 Å². The summed E-state index contributed by atoms with van der Waals surface area (Å²) in [5, 5.41) is 6.65. The van der Waals surface area contributed by atoms with E-state index in [9.17, 15) is 21.6 Å². The largest absolute Gasteiger partial charge is 0.401 e. The van der Waals surface area contributed by atoms with Gasteiger partial charge in [-0.1, -0.05) is 5.16 Å². The number of nitrogens with zero attached hydrogens (tertiary/aromatic N) is 5. The van der Waals surface area contributed by atoms with Crippen LogP contribution in [0.5, 0.6) is 0 Å². The van der Waals surface area contributed by atoms with Crippen LogP contribution in [-0.4, -0.2) is 99.7 Å². The average molecular weight is 426 g/mol. The summed E-state index contributed by atoms with van der Waals surface area (Å²) in [5.41, 5.74) is 0.350. The Bertz CT molecular complexity index is 731. The molecule has 1 aromatic rings. The van der Waals surface area contributed by atoms with Crippen molar-refractivity contribution in [1.82, 2.24) is 24.6 Å². The van der Waals surface area contributed by atoms with Gasteiger partial charge in [-0.25, -0.2) is 8.42 Å². The summed E-state index contributed by atoms with van der Waals surface area (Å²) in [5.74, 6) is 0.316. The van der Waals surface area contributed by atoms with Crippen LogP contribution in [0.25, 0.3) is 0 Å². The molecule has 160 valence electrons. The van der Waals surface area contributed by atoms with Gasteiger partial charge >= 0.3 is 6.18 Å². The Kier molecular flexibility index (Phi) is 7.66. The lowest BCUT2D eigenvalue weighted by atomic mass is 10.4. The van der Waals surface area contributed by atoms with Crippen molar-refractivity contribution < 1.29 is 26.1 Å². The normalized spacial score (nSPS) is 17.4. The van der Waals surface area contributed by atoms with Crippen molar-refractivity contribution in [3.8, 4) is 0 Å². The molecule has 0 aromatic carbocycles. The molecule has 1 aliphatic rings. The van der Waals surface area contributed by atoms with E-state index in [0.29, 0.717) is 31.3 Å². The third kappa shape index (κ3) is 6.95. The maximum Gasteiger partial charge on any atom is 0.401 e. The Labute approximate surface area is 162 Å². The molecular weight excluding hydrogens is 401 g/mol. The van der Waals surface area contributed by atoms with Crippen LogP contribution in [0.1, 0.15) is 5.69 Å². The Morgan fingerprint density at radius 1 is 1.36 bits per heavy atom. The Morgan fingerprint density at radius 3 is 2.57 bits per heavy atom. The number of aliphatic imine (C=N–C) groups is 1. The molecular formula is C15H25F3N6O3S. The minimum absolute atomic E-state index is 0.199. The van der Waals surface area contributed by atoms with Gasteiger partial charge in [0.1, 0.15) is 12.0 Å². The summed E-state index contributed by atoms with van der Waals surface area (Å²) >= 11 is 0. The zero-order valence-electron chi connectivity index (χ0n) is 15.8. The van der Waals surface area contributed by atoms with E-state index in [1.165, 1.54) is 28.6 Å². The molecule has 0 atom stereocenters. The molecule has 0 aliphatic carbocycles. The van der Waals surface area contributed by atoms with Crippen LogP contribution in [0.3, 0.4) is 0 Å². The molecule has 0 radical (unpaired) electrons. The van der Waals surface area contributed by atoms with Crippen molar-refractivity contribution in [3.05, 3.63) is 18.0 Å². The maximum atomic E-state index is 12.4. The monoisotopic (exact) mass is 426 g/mol. The number of piperazine rings is 1. The minimum atomic E-state index is -4.23. The summed E-state index contributed by atoms with van der Waals surface area (Å²) < 4.78 is 68.0. The Morgan fingerprint density at radius 2 is 2.04 bits per heavy atom. The van der Waals surface area contributed by atoms with Gasteiger partial charge in [0.2, 0.25) is 10.0 Å². The van der Waals surface area contributed by atoms with Gasteiger partial charge in [-0.3, -0.25) is 9.89 Å². The van der Waals surface area contributed by atoms with Gasteiger partial charge in [-0.05, 0) is 7.05 Å². The highest BCUT2D eigenvalue weighted by Gasteiger charge is 2.30. The highest BCUT2D eigenvalue weighted by Crippen LogP contribution is 2.15. The van der Waals surface area contributed by atoms with Gasteiger partial charge in [-0.2, -0.15) is 17.5 Å². The maximum absolute atomic E-state index is 12.4. The van der Waals surface area contributed by atoms with Crippen LogP contribution in [0, 0.1) is 0 Å². The number of hydrogen-bond acceptors (Lipinski definition) is 6. The number of rotatable bonds is 7. The molecule has 2 rings (SSSR count). The number of hydrogen-bond donors (Lipinski definition) is 1. The Balaban J connectivity index is 1.79. The lowest BCUT2D eigenvalue weighted by Crippen LogP contribution is -2.54. The van der Waals surface area contributed by atoms with Gasteiger partial charge < -0.3 is 14.7 Å². The molecule has 1 aliphatic heterocycles. The smallest absolute Gasteiger partial charge is 0.364 e. The molecule has 2 heterocycles. The highest BCUT2D eigenvalue weighted by molar-refractivity contribution is 7.88. The SMILES string of the molecule is CN=C(NCCN(C)CC(F)(F)F)N1CCN(S(=O)(=O)Cc2ccon2)CC1. The topological polar surface area (TPSA) is 94.3 Å². The van der Waals surface area contributed by atoms with E-state index in [4.69, 9.17) is 0 Å². The summed E-state index contributed by atoms with van der Waals surface area (Å²) in [4.78, 5) is 7.19. The zero-order chi connectivity index (χ0) is 20.8. The molecule has 0 saturated carbocycles. The Hall–Kier alpha value is -1.86. The van der Waals surface area contributed by atoms with Gasteiger partial charge in [-0.15, -0.1) is 0 Å². The van der Waals surface area contributed by atoms with Crippen LogP contribution in [0.4, 0.5) is 13.2 Å². The van der Waals surface area contributed by atoms with Gasteiger partial charge in [0.25, 0.3) is 0 Å². The van der Waals surface area contributed by atoms with Crippen molar-refractivity contribution in [1.29, 1.82) is 0 Å². The number of sulfonamides is 1.